The number of likely N-dealkylation sites (tertiary alicyclic amines) is 1. The van der Waals surface area contributed by atoms with Crippen LogP contribution >= 0.6 is 0 Å². The molecule has 1 aromatic heterocycles. The quantitative estimate of drug-likeness (QED) is 0.824. The molecule has 4 rings (SSSR count). The first-order valence-corrected chi connectivity index (χ1v) is 8.91. The largest absolute Gasteiger partial charge is 0.507 e. The first kappa shape index (κ1) is 13.5. The zero-order valence-electron chi connectivity index (χ0n) is 17.4. The third-order valence-electron chi connectivity index (χ3n) is 4.85. The zero-order chi connectivity index (χ0) is 20.6. The van der Waals surface area contributed by atoms with Crippen molar-refractivity contribution in [3.63, 3.8) is 0 Å². The van der Waals surface area contributed by atoms with Crippen molar-refractivity contribution in [2.45, 2.75) is 37.6 Å². The fraction of sp³-hybridized carbons (Fsp3) is 0.450. The number of likely N-dealkylation sites (N-methyl/N-ethyl adjacent to an activating group) is 1. The Kier molecular flexibility index (Phi) is 3.61. The Balaban J connectivity index is 1.58. The highest BCUT2D eigenvalue weighted by Crippen LogP contribution is 2.44. The molecule has 2 fully saturated rings. The van der Waals surface area contributed by atoms with Crippen molar-refractivity contribution in [2.24, 2.45) is 0 Å². The molecule has 0 bridgehead atoms. The topological polar surface area (TPSA) is 74.2 Å². The second-order valence-electron chi connectivity index (χ2n) is 6.95. The number of anilines is 1. The number of phenolic OH excluding ortho intramolecular Hbond substituents is 1. The van der Waals surface area contributed by atoms with Crippen molar-refractivity contribution < 1.29 is 9.22 Å². The molecule has 2 aromatic rings. The van der Waals surface area contributed by atoms with E-state index in [1.807, 2.05) is 0 Å². The molecule has 134 valence electrons. The molecule has 0 unspecified atom stereocenters. The number of nitrogens with one attached hydrogen (secondary N) is 1. The van der Waals surface area contributed by atoms with Gasteiger partial charge >= 0.3 is 0 Å². The summed E-state index contributed by atoms with van der Waals surface area (Å²) in [5, 5.41) is 22.2. The number of benzene rings is 1. The summed E-state index contributed by atoms with van der Waals surface area (Å²) in [5.74, 6) is 3.24. The number of hydrogen-bond donors (Lipinski definition) is 2. The lowest BCUT2D eigenvalue weighted by Gasteiger charge is -2.30. The summed E-state index contributed by atoms with van der Waals surface area (Å²) in [7, 11) is 0. The van der Waals surface area contributed by atoms with E-state index in [-0.39, 0.29) is 17.7 Å². The van der Waals surface area contributed by atoms with Crippen LogP contribution in [0.15, 0.2) is 18.2 Å². The summed E-state index contributed by atoms with van der Waals surface area (Å²) in [6.07, 6.45) is 9.08. The molecule has 6 heteroatoms. The van der Waals surface area contributed by atoms with Gasteiger partial charge in [-0.05, 0) is 57.4 Å². The molecule has 1 aromatic carbocycles. The maximum Gasteiger partial charge on any atom is 0.243 e. The van der Waals surface area contributed by atoms with Crippen molar-refractivity contribution in [2.75, 3.05) is 25.4 Å². The smallest absolute Gasteiger partial charge is 0.243 e. The minimum Gasteiger partial charge on any atom is -0.507 e. The number of rotatable bonds is 4. The maximum absolute atomic E-state index is 10.4. The van der Waals surface area contributed by atoms with Gasteiger partial charge in [0.2, 0.25) is 5.95 Å². The maximum atomic E-state index is 10.4. The summed E-state index contributed by atoms with van der Waals surface area (Å²) >= 11 is 0. The van der Waals surface area contributed by atoms with E-state index in [9.17, 15) is 5.11 Å². The SMILES string of the molecule is [2H]C([2H])([2H])N1CCC[C@@H](Nc2nnc(-c3ccc(C#C)cc3O)c(C3CC3)n2)C1. The van der Waals surface area contributed by atoms with E-state index < -0.39 is 6.98 Å². The third-order valence-corrected chi connectivity index (χ3v) is 4.85. The van der Waals surface area contributed by atoms with Crippen LogP contribution in [0.3, 0.4) is 0 Å². The lowest BCUT2D eigenvalue weighted by Crippen LogP contribution is -2.40. The minimum absolute atomic E-state index is 0.0489. The molecule has 0 spiro atoms. The number of phenols is 1. The molecule has 2 N–H and O–H groups in total. The normalized spacial score (nSPS) is 22.7. The van der Waals surface area contributed by atoms with E-state index in [2.05, 4.69) is 26.4 Å². The van der Waals surface area contributed by atoms with Crippen LogP contribution in [0, 0.1) is 12.3 Å². The number of aromatic nitrogens is 3. The van der Waals surface area contributed by atoms with Crippen LogP contribution in [0.4, 0.5) is 5.95 Å². The summed E-state index contributed by atoms with van der Waals surface area (Å²) in [6, 6.07) is 4.98. The number of nitrogens with zero attached hydrogens (tertiary/aromatic N) is 4. The van der Waals surface area contributed by atoms with Crippen molar-refractivity contribution in [3.05, 3.63) is 29.5 Å². The third kappa shape index (κ3) is 3.49. The Morgan fingerprint density at radius 3 is 2.96 bits per heavy atom. The molecule has 2 heterocycles. The van der Waals surface area contributed by atoms with Crippen LogP contribution < -0.4 is 5.32 Å². The van der Waals surface area contributed by atoms with Gasteiger partial charge < -0.3 is 15.3 Å². The molecule has 0 amide bonds. The molecule has 2 aliphatic rings. The first-order chi connectivity index (χ1) is 13.8. The van der Waals surface area contributed by atoms with Gasteiger partial charge in [0, 0.05) is 33.7 Å². The molecule has 1 aliphatic carbocycles. The Morgan fingerprint density at radius 2 is 2.23 bits per heavy atom. The lowest BCUT2D eigenvalue weighted by atomic mass is 10.0. The molecule has 6 nitrogen and oxygen atoms in total. The molecule has 1 saturated carbocycles. The highest BCUT2D eigenvalue weighted by Gasteiger charge is 2.31. The van der Waals surface area contributed by atoms with E-state index in [1.54, 1.807) is 12.1 Å². The summed E-state index contributed by atoms with van der Waals surface area (Å²) in [4.78, 5) is 6.18. The van der Waals surface area contributed by atoms with E-state index in [0.717, 1.165) is 31.4 Å². The van der Waals surface area contributed by atoms with Gasteiger partial charge in [0.25, 0.3) is 0 Å². The predicted molar refractivity (Wildman–Crippen MR) is 101 cm³/mol. The van der Waals surface area contributed by atoms with Crippen molar-refractivity contribution in [3.8, 4) is 29.4 Å². The average molecular weight is 352 g/mol. The van der Waals surface area contributed by atoms with Crippen LogP contribution in [0.2, 0.25) is 0 Å². The molecule has 1 saturated heterocycles. The fourth-order valence-corrected chi connectivity index (χ4v) is 3.33. The van der Waals surface area contributed by atoms with Gasteiger partial charge in [-0.2, -0.15) is 0 Å². The van der Waals surface area contributed by atoms with E-state index >= 15 is 0 Å². The number of terminal acetylenes is 1. The lowest BCUT2D eigenvalue weighted by molar-refractivity contribution is 0.260. The highest BCUT2D eigenvalue weighted by atomic mass is 16.3. The molecule has 1 atom stereocenters. The second kappa shape index (κ2) is 6.93. The number of piperidine rings is 1. The van der Waals surface area contributed by atoms with Gasteiger partial charge in [0.05, 0.1) is 5.69 Å². The van der Waals surface area contributed by atoms with E-state index in [4.69, 9.17) is 10.5 Å². The summed E-state index contributed by atoms with van der Waals surface area (Å²) < 4.78 is 22.9. The van der Waals surface area contributed by atoms with E-state index in [0.29, 0.717) is 35.9 Å². The van der Waals surface area contributed by atoms with Gasteiger partial charge in [-0.15, -0.1) is 16.6 Å². The van der Waals surface area contributed by atoms with Crippen molar-refractivity contribution in [1.82, 2.24) is 20.1 Å². The number of aromatic hydroxyl groups is 1. The first-order valence-electron chi connectivity index (χ1n) is 10.4. The van der Waals surface area contributed by atoms with Gasteiger partial charge in [-0.1, -0.05) is 5.92 Å². The summed E-state index contributed by atoms with van der Waals surface area (Å²) in [6.45, 7) is -1.12. The standard InChI is InChI=1S/C20H23N5O/c1-3-13-6-9-16(17(26)11-13)19-18(14-7-8-14)22-20(24-23-19)21-15-5-4-10-25(2)12-15/h1,6,9,11,14-15,26H,4-5,7-8,10,12H2,2H3,(H,21,22,24)/t15-/m1/s1/i2D3. The van der Waals surface area contributed by atoms with Crippen LogP contribution in [0.25, 0.3) is 11.3 Å². The van der Waals surface area contributed by atoms with Crippen LogP contribution in [0.5, 0.6) is 5.75 Å². The summed E-state index contributed by atoms with van der Waals surface area (Å²) in [5.41, 5.74) is 2.51. The highest BCUT2D eigenvalue weighted by molar-refractivity contribution is 5.70. The van der Waals surface area contributed by atoms with Crippen molar-refractivity contribution in [1.29, 1.82) is 0 Å². The zero-order valence-corrected chi connectivity index (χ0v) is 14.4. The van der Waals surface area contributed by atoms with Crippen LogP contribution in [0.1, 0.15) is 47.0 Å². The minimum atomic E-state index is -2.09. The Bertz CT molecular complexity index is 952. The molecule has 0 radical (unpaired) electrons. The molecular weight excluding hydrogens is 326 g/mol. The predicted octanol–water partition coefficient (Wildman–Crippen LogP) is 2.61. The van der Waals surface area contributed by atoms with Gasteiger partial charge in [-0.25, -0.2) is 4.98 Å². The van der Waals surface area contributed by atoms with Gasteiger partial charge in [0.15, 0.2) is 0 Å². The van der Waals surface area contributed by atoms with Gasteiger partial charge in [-0.3, -0.25) is 0 Å². The Morgan fingerprint density at radius 1 is 1.35 bits per heavy atom. The van der Waals surface area contributed by atoms with Crippen LogP contribution in [-0.4, -0.2) is 51.3 Å². The molecular formula is C20H23N5O. The average Bonchev–Trinajstić information content (AvgIpc) is 3.53. The second-order valence-corrected chi connectivity index (χ2v) is 6.95. The Labute approximate surface area is 157 Å². The van der Waals surface area contributed by atoms with Crippen molar-refractivity contribution >= 4 is 5.95 Å². The molecule has 26 heavy (non-hydrogen) atoms. The molecule has 1 aliphatic heterocycles. The number of hydrogen-bond acceptors (Lipinski definition) is 6. The van der Waals surface area contributed by atoms with E-state index in [1.165, 1.54) is 11.0 Å². The fourth-order valence-electron chi connectivity index (χ4n) is 3.33. The van der Waals surface area contributed by atoms with Crippen LogP contribution in [-0.2, 0) is 0 Å². The monoisotopic (exact) mass is 352 g/mol. The van der Waals surface area contributed by atoms with Gasteiger partial charge in [0.1, 0.15) is 11.4 Å². The Hall–Kier alpha value is -2.65.